The maximum atomic E-state index is 12.6. The fourth-order valence-electron chi connectivity index (χ4n) is 3.37. The van der Waals surface area contributed by atoms with Crippen molar-refractivity contribution in [1.82, 2.24) is 0 Å². The van der Waals surface area contributed by atoms with Crippen LogP contribution >= 0.6 is 0 Å². The smallest absolute Gasteiger partial charge is 0.343 e. The average Bonchev–Trinajstić information content (AvgIpc) is 2.95. The van der Waals surface area contributed by atoms with Crippen molar-refractivity contribution >= 4 is 17.9 Å². The zero-order chi connectivity index (χ0) is 28.7. The summed E-state index contributed by atoms with van der Waals surface area (Å²) in [7, 11) is 0. The van der Waals surface area contributed by atoms with Crippen LogP contribution < -0.4 is 14.2 Å². The molecule has 40 heavy (non-hydrogen) atoms. The molecule has 8 nitrogen and oxygen atoms in total. The van der Waals surface area contributed by atoms with Crippen LogP contribution in [0.4, 0.5) is 0 Å². The van der Waals surface area contributed by atoms with E-state index in [1.54, 1.807) is 54.6 Å². The number of carbonyl (C=O) groups is 3. The van der Waals surface area contributed by atoms with Crippen molar-refractivity contribution in [2.45, 2.75) is 26.2 Å². The van der Waals surface area contributed by atoms with E-state index in [1.807, 2.05) is 19.1 Å². The molecule has 0 aliphatic rings. The first-order chi connectivity index (χ1) is 19.3. The van der Waals surface area contributed by atoms with Crippen molar-refractivity contribution in [1.29, 1.82) is 0 Å². The average molecular weight is 543 g/mol. The van der Waals surface area contributed by atoms with Gasteiger partial charge in [-0.15, -0.1) is 0 Å². The minimum Gasteiger partial charge on any atom is -0.494 e. The molecule has 0 bridgehead atoms. The molecule has 0 fully saturated rings. The molecule has 0 aliphatic carbocycles. The predicted octanol–water partition coefficient (Wildman–Crippen LogP) is 5.36. The summed E-state index contributed by atoms with van der Waals surface area (Å²) < 4.78 is 21.5. The van der Waals surface area contributed by atoms with Crippen LogP contribution in [0.25, 0.3) is 0 Å². The van der Waals surface area contributed by atoms with Crippen LogP contribution in [-0.4, -0.2) is 42.8 Å². The molecule has 0 saturated carbocycles. The molecule has 1 N–H and O–H groups in total. The highest BCUT2D eigenvalue weighted by Gasteiger charge is 2.10. The quantitative estimate of drug-likeness (QED) is 0.101. The fraction of sp³-hybridized carbons (Fsp3) is 0.219. The van der Waals surface area contributed by atoms with Gasteiger partial charge in [0.1, 0.15) is 17.2 Å². The molecule has 3 aromatic carbocycles. The zero-order valence-electron chi connectivity index (χ0n) is 22.2. The number of ether oxygens (including phenoxy) is 4. The second-order valence-corrected chi connectivity index (χ2v) is 8.58. The molecule has 0 radical (unpaired) electrons. The number of aryl methyl sites for hydroxylation is 1. The summed E-state index contributed by atoms with van der Waals surface area (Å²) in [5.41, 5.74) is 2.82. The van der Waals surface area contributed by atoms with Gasteiger partial charge >= 0.3 is 17.9 Å². The Labute approximate surface area is 233 Å². The van der Waals surface area contributed by atoms with E-state index < -0.39 is 17.9 Å². The van der Waals surface area contributed by atoms with Crippen molar-refractivity contribution in [3.63, 3.8) is 0 Å². The third-order valence-corrected chi connectivity index (χ3v) is 5.46. The van der Waals surface area contributed by atoms with Gasteiger partial charge in [0, 0.05) is 30.0 Å². The molecule has 206 valence electrons. The van der Waals surface area contributed by atoms with Crippen LogP contribution in [0.3, 0.4) is 0 Å². The second kappa shape index (κ2) is 15.4. The standard InChI is InChI=1S/C32H30O8/c1-3-31(35)39-21-5-20-38-28-15-17-29(18-16-28)40-32(36)26-12-11-25(23(2)22-26)10-7-24-8-13-27(14-9-24)37-19-4-6-30(33)34/h3,8-9,11-18,22H,1,4-6,19-21H2,2H3,(H,33,34). The molecular formula is C32H30O8. The summed E-state index contributed by atoms with van der Waals surface area (Å²) in [6.07, 6.45) is 2.16. The topological polar surface area (TPSA) is 108 Å². The Morgan fingerprint density at radius 2 is 1.45 bits per heavy atom. The maximum absolute atomic E-state index is 12.6. The zero-order valence-corrected chi connectivity index (χ0v) is 22.2. The van der Waals surface area contributed by atoms with Crippen molar-refractivity contribution in [2.75, 3.05) is 19.8 Å². The fourth-order valence-corrected chi connectivity index (χ4v) is 3.37. The van der Waals surface area contributed by atoms with E-state index in [2.05, 4.69) is 18.4 Å². The molecule has 3 aromatic rings. The maximum Gasteiger partial charge on any atom is 0.343 e. The third-order valence-electron chi connectivity index (χ3n) is 5.46. The molecule has 0 amide bonds. The van der Waals surface area contributed by atoms with Crippen LogP contribution in [-0.2, 0) is 14.3 Å². The van der Waals surface area contributed by atoms with Crippen LogP contribution in [0.1, 0.15) is 46.3 Å². The van der Waals surface area contributed by atoms with Crippen LogP contribution in [0, 0.1) is 18.8 Å². The van der Waals surface area contributed by atoms with Crippen LogP contribution in [0.15, 0.2) is 79.4 Å². The van der Waals surface area contributed by atoms with Gasteiger partial charge in [-0.2, -0.15) is 0 Å². The number of carbonyl (C=O) groups excluding carboxylic acids is 2. The molecule has 0 unspecified atom stereocenters. The van der Waals surface area contributed by atoms with E-state index in [-0.39, 0.29) is 13.0 Å². The van der Waals surface area contributed by atoms with Crippen LogP contribution in [0.2, 0.25) is 0 Å². The highest BCUT2D eigenvalue weighted by Crippen LogP contribution is 2.20. The molecule has 0 spiro atoms. The largest absolute Gasteiger partial charge is 0.494 e. The van der Waals surface area contributed by atoms with Crippen molar-refractivity contribution in [3.8, 4) is 29.1 Å². The molecule has 0 saturated heterocycles. The monoisotopic (exact) mass is 542 g/mol. The van der Waals surface area contributed by atoms with Gasteiger partial charge in [0.15, 0.2) is 0 Å². The lowest BCUT2D eigenvalue weighted by molar-refractivity contribution is -0.138. The van der Waals surface area contributed by atoms with Gasteiger partial charge in [-0.05, 0) is 85.6 Å². The van der Waals surface area contributed by atoms with E-state index in [1.165, 1.54) is 0 Å². The Balaban J connectivity index is 1.49. The lowest BCUT2D eigenvalue weighted by Crippen LogP contribution is -2.09. The summed E-state index contributed by atoms with van der Waals surface area (Å²) in [4.78, 5) is 34.2. The molecule has 0 aliphatic heterocycles. The number of hydrogen-bond donors (Lipinski definition) is 1. The number of carboxylic acid groups (broad SMARTS) is 1. The number of aliphatic carboxylic acids is 1. The summed E-state index contributed by atoms with van der Waals surface area (Å²) in [5, 5.41) is 8.67. The Bertz CT molecular complexity index is 1380. The summed E-state index contributed by atoms with van der Waals surface area (Å²) in [6.45, 7) is 6.16. The summed E-state index contributed by atoms with van der Waals surface area (Å²) in [6, 6.07) is 19.1. The first-order valence-electron chi connectivity index (χ1n) is 12.7. The third kappa shape index (κ3) is 10.0. The lowest BCUT2D eigenvalue weighted by Gasteiger charge is -2.09. The van der Waals surface area contributed by atoms with E-state index in [9.17, 15) is 14.4 Å². The van der Waals surface area contributed by atoms with Crippen molar-refractivity contribution < 1.29 is 38.4 Å². The molecule has 0 atom stereocenters. The Hall–Kier alpha value is -5.03. The van der Waals surface area contributed by atoms with Crippen molar-refractivity contribution in [3.05, 3.63) is 102 Å². The van der Waals surface area contributed by atoms with Gasteiger partial charge in [0.25, 0.3) is 0 Å². The first kappa shape index (κ1) is 29.5. The van der Waals surface area contributed by atoms with E-state index in [0.29, 0.717) is 48.9 Å². The molecule has 0 aromatic heterocycles. The predicted molar refractivity (Wildman–Crippen MR) is 149 cm³/mol. The van der Waals surface area contributed by atoms with Gasteiger partial charge in [-0.25, -0.2) is 9.59 Å². The van der Waals surface area contributed by atoms with E-state index in [4.69, 9.17) is 24.1 Å². The normalized spacial score (nSPS) is 10.0. The Morgan fingerprint density at radius 3 is 2.08 bits per heavy atom. The van der Waals surface area contributed by atoms with Gasteiger partial charge in [0.2, 0.25) is 0 Å². The highest BCUT2D eigenvalue weighted by molar-refractivity contribution is 5.91. The number of benzene rings is 3. The number of carboxylic acids is 1. The SMILES string of the molecule is C=CC(=O)OCCCOc1ccc(OC(=O)c2ccc(C#Cc3ccc(OCCCC(=O)O)cc3)c(C)c2)cc1. The highest BCUT2D eigenvalue weighted by atomic mass is 16.5. The summed E-state index contributed by atoms with van der Waals surface area (Å²) in [5.74, 6) is 6.06. The Kier molecular flexibility index (Phi) is 11.4. The molecule has 0 heterocycles. The van der Waals surface area contributed by atoms with E-state index in [0.717, 1.165) is 22.8 Å². The van der Waals surface area contributed by atoms with Gasteiger partial charge < -0.3 is 24.1 Å². The van der Waals surface area contributed by atoms with E-state index >= 15 is 0 Å². The van der Waals surface area contributed by atoms with Crippen LogP contribution in [0.5, 0.6) is 17.2 Å². The minimum absolute atomic E-state index is 0.0717. The number of esters is 2. The van der Waals surface area contributed by atoms with Gasteiger partial charge in [-0.1, -0.05) is 18.4 Å². The van der Waals surface area contributed by atoms with Gasteiger partial charge in [-0.3, -0.25) is 4.79 Å². The van der Waals surface area contributed by atoms with Crippen molar-refractivity contribution in [2.24, 2.45) is 0 Å². The first-order valence-corrected chi connectivity index (χ1v) is 12.7. The number of rotatable bonds is 13. The Morgan fingerprint density at radius 1 is 0.825 bits per heavy atom. The minimum atomic E-state index is -0.842. The van der Waals surface area contributed by atoms with Gasteiger partial charge in [0.05, 0.1) is 25.4 Å². The second-order valence-electron chi connectivity index (χ2n) is 8.58. The summed E-state index contributed by atoms with van der Waals surface area (Å²) >= 11 is 0. The molecular weight excluding hydrogens is 512 g/mol. The molecule has 8 heteroatoms. The molecule has 3 rings (SSSR count). The lowest BCUT2D eigenvalue weighted by atomic mass is 10.0. The number of hydrogen-bond acceptors (Lipinski definition) is 7.